The Balaban J connectivity index is 1.42. The summed E-state index contributed by atoms with van der Waals surface area (Å²) in [6.07, 6.45) is 16.0. The molecule has 0 aliphatic carbocycles. The number of aromatic nitrogens is 4. The van der Waals surface area contributed by atoms with Crippen LogP contribution < -0.4 is 15.3 Å². The van der Waals surface area contributed by atoms with E-state index in [1.807, 2.05) is 13.8 Å². The summed E-state index contributed by atoms with van der Waals surface area (Å²) in [5.41, 5.74) is 4.80. The molecule has 1 aromatic carbocycles. The van der Waals surface area contributed by atoms with Crippen LogP contribution in [0.3, 0.4) is 0 Å². The van der Waals surface area contributed by atoms with Crippen molar-refractivity contribution in [2.24, 2.45) is 5.92 Å². The number of esters is 2. The normalized spacial score (nSPS) is 19.6. The van der Waals surface area contributed by atoms with Crippen LogP contribution in [0.1, 0.15) is 150 Å². The number of nitrogens with two attached hydrogens (primary N) is 1. The predicted molar refractivity (Wildman–Crippen MR) is 221 cm³/mol. The van der Waals surface area contributed by atoms with Crippen LogP contribution in [0.15, 0.2) is 36.7 Å². The van der Waals surface area contributed by atoms with Gasteiger partial charge in [-0.15, -0.1) is 0 Å². The van der Waals surface area contributed by atoms with Crippen LogP contribution in [0.25, 0.3) is 11.2 Å². The second-order valence-corrected chi connectivity index (χ2v) is 17.3. The highest BCUT2D eigenvalue weighted by molar-refractivity contribution is 7.52. The van der Waals surface area contributed by atoms with Gasteiger partial charge in [-0.3, -0.25) is 18.7 Å². The highest BCUT2D eigenvalue weighted by Gasteiger charge is 2.51. The summed E-state index contributed by atoms with van der Waals surface area (Å²) in [5, 5.41) is 2.73. The Morgan fingerprint density at radius 2 is 1.60 bits per heavy atom. The van der Waals surface area contributed by atoms with E-state index in [0.717, 1.165) is 32.1 Å². The molecule has 14 nitrogen and oxygen atoms in total. The number of unbranched alkanes of at least 4 members (excludes halogenated alkanes) is 12. The van der Waals surface area contributed by atoms with Gasteiger partial charge in [0.15, 0.2) is 17.0 Å². The Kier molecular flexibility index (Phi) is 19.3. The van der Waals surface area contributed by atoms with Crippen molar-refractivity contribution in [3.05, 3.63) is 42.7 Å². The number of halogens is 1. The molecule has 3 heterocycles. The number of nitrogen functional groups attached to an aromatic ring is 1. The molecule has 3 aromatic rings. The van der Waals surface area contributed by atoms with Gasteiger partial charge < -0.3 is 24.5 Å². The zero-order chi connectivity index (χ0) is 42.0. The molecule has 0 saturated carbocycles. The molecule has 0 amide bonds. The van der Waals surface area contributed by atoms with Crippen molar-refractivity contribution in [2.45, 2.75) is 168 Å². The summed E-state index contributed by atoms with van der Waals surface area (Å²) < 4.78 is 60.3. The molecule has 0 unspecified atom stereocenters. The Morgan fingerprint density at radius 1 is 0.983 bits per heavy atom. The van der Waals surface area contributed by atoms with Crippen molar-refractivity contribution in [2.75, 3.05) is 18.9 Å². The Bertz CT molecular complexity index is 1750. The molecule has 5 atom stereocenters. The fourth-order valence-corrected chi connectivity index (χ4v) is 8.61. The number of fused-ring (bicyclic) bond motifs is 1. The summed E-state index contributed by atoms with van der Waals surface area (Å²) >= 11 is 0. The lowest BCUT2D eigenvalue weighted by molar-refractivity contribution is -0.163. The van der Waals surface area contributed by atoms with Gasteiger partial charge in [0.1, 0.15) is 29.7 Å². The molecule has 2 aromatic heterocycles. The maximum Gasteiger partial charge on any atom is 0.459 e. The number of nitrogens with zero attached hydrogens (tertiary/aromatic N) is 4. The molecule has 1 aliphatic rings. The summed E-state index contributed by atoms with van der Waals surface area (Å²) in [6.45, 7) is 9.30. The van der Waals surface area contributed by atoms with Crippen molar-refractivity contribution in [3.8, 4) is 5.75 Å². The van der Waals surface area contributed by atoms with E-state index in [9.17, 15) is 18.5 Å². The van der Waals surface area contributed by atoms with Crippen molar-refractivity contribution >= 4 is 36.7 Å². The monoisotopic (exact) mass is 832 g/mol. The smallest absolute Gasteiger partial charge is 0.459 e. The number of anilines is 1. The molecule has 4 rings (SSSR count). The fourth-order valence-electron chi connectivity index (χ4n) is 7.03. The first-order valence-electron chi connectivity index (χ1n) is 21.4. The van der Waals surface area contributed by atoms with Crippen LogP contribution in [0.4, 0.5) is 10.2 Å². The molecular weight excluding hydrogens is 766 g/mol. The first kappa shape index (κ1) is 47.0. The number of imidazole rings is 1. The maximum absolute atomic E-state index is 14.5. The number of carbonyl (C=O) groups is 2. The van der Waals surface area contributed by atoms with Crippen molar-refractivity contribution in [3.63, 3.8) is 0 Å². The van der Waals surface area contributed by atoms with E-state index in [1.54, 1.807) is 37.3 Å². The number of para-hydroxylation sites is 1. The number of benzene rings is 1. The summed E-state index contributed by atoms with van der Waals surface area (Å²) in [7, 11) is -4.32. The van der Waals surface area contributed by atoms with Crippen molar-refractivity contribution in [1.82, 2.24) is 24.6 Å². The number of ether oxygens (including phenoxy) is 3. The lowest BCUT2D eigenvalue weighted by Gasteiger charge is -2.32. The van der Waals surface area contributed by atoms with E-state index in [-0.39, 0.29) is 48.1 Å². The van der Waals surface area contributed by atoms with E-state index >= 15 is 0 Å². The third-order valence-corrected chi connectivity index (χ3v) is 12.4. The molecule has 0 bridgehead atoms. The van der Waals surface area contributed by atoms with Gasteiger partial charge in [0.2, 0.25) is 0 Å². The number of nitrogens with one attached hydrogen (secondary N) is 1. The average molecular weight is 833 g/mol. The summed E-state index contributed by atoms with van der Waals surface area (Å²) in [4.78, 5) is 38.1. The minimum Gasteiger partial charge on any atom is -0.464 e. The first-order valence-corrected chi connectivity index (χ1v) is 22.9. The van der Waals surface area contributed by atoms with Crippen LogP contribution in [-0.4, -0.2) is 62.4 Å². The van der Waals surface area contributed by atoms with Gasteiger partial charge in [0.25, 0.3) is 0 Å². The molecule has 1 fully saturated rings. The molecule has 0 spiro atoms. The SMILES string of the molecule is CCCCCCCCCCCCCCCC(=O)O[C@H]1C[C@H](n2cnc3c(N)nc(F)nc32)O[C@]1(C)CO[P@@](=O)(N[C@@H](C)C(=O)OCC(CC)CC)Oc1ccccc1. The molecule has 3 N–H and O–H groups in total. The topological polar surface area (TPSA) is 179 Å². The van der Waals surface area contributed by atoms with E-state index in [2.05, 4.69) is 27.0 Å². The van der Waals surface area contributed by atoms with E-state index in [1.165, 1.54) is 75.6 Å². The zero-order valence-corrected chi connectivity index (χ0v) is 36.1. The lowest BCUT2D eigenvalue weighted by Crippen LogP contribution is -2.44. The fraction of sp³-hybridized carbons (Fsp3) is 0.690. The van der Waals surface area contributed by atoms with Gasteiger partial charge in [-0.2, -0.15) is 19.4 Å². The van der Waals surface area contributed by atoms with Crippen molar-refractivity contribution < 1.29 is 41.8 Å². The van der Waals surface area contributed by atoms with Crippen molar-refractivity contribution in [1.29, 1.82) is 0 Å². The molecule has 1 aliphatic heterocycles. The average Bonchev–Trinajstić information content (AvgIpc) is 3.77. The Hall–Kier alpha value is -3.65. The van der Waals surface area contributed by atoms with Crippen LogP contribution >= 0.6 is 7.75 Å². The zero-order valence-electron chi connectivity index (χ0n) is 35.2. The number of rotatable bonds is 28. The number of hydrogen-bond acceptors (Lipinski definition) is 12. The predicted octanol–water partition coefficient (Wildman–Crippen LogP) is 9.78. The van der Waals surface area contributed by atoms with Gasteiger partial charge in [0.05, 0.1) is 19.5 Å². The third kappa shape index (κ3) is 14.6. The highest BCUT2D eigenvalue weighted by Crippen LogP contribution is 2.48. The third-order valence-electron chi connectivity index (χ3n) is 10.8. The largest absolute Gasteiger partial charge is 0.464 e. The summed E-state index contributed by atoms with van der Waals surface area (Å²) in [6, 6.07) is 7.34. The van der Waals surface area contributed by atoms with Crippen LogP contribution in [-0.2, 0) is 32.9 Å². The minimum atomic E-state index is -4.32. The first-order chi connectivity index (χ1) is 27.9. The standard InChI is InChI=1S/C42H66FN6O8P/c1-6-9-10-11-12-13-14-15-16-17-18-19-23-26-36(50)55-34-27-35(49-30-45-37-38(44)46-41(43)47-39(37)49)56-42(34,5)29-54-58(52,57-33-24-21-20-22-25-33)48-31(4)40(51)53-28-32(7-2)8-3/h20-22,24-25,30-32,34-35H,6-19,23,26-29H2,1-5H3,(H,48,52)(H2,44,46,47)/t31-,34-,35+,42+,58-/m0/s1. The Labute approximate surface area is 343 Å². The maximum atomic E-state index is 14.5. The Morgan fingerprint density at radius 3 is 2.22 bits per heavy atom. The quantitative estimate of drug-likeness (QED) is 0.0306. The van der Waals surface area contributed by atoms with Gasteiger partial charge in [-0.25, -0.2) is 9.55 Å². The van der Waals surface area contributed by atoms with Crippen LogP contribution in [0.2, 0.25) is 0 Å². The molecule has 1 saturated heterocycles. The van der Waals surface area contributed by atoms with E-state index < -0.39 is 56.3 Å². The number of hydrogen-bond donors (Lipinski definition) is 2. The second kappa shape index (κ2) is 23.8. The molecule has 0 radical (unpaired) electrons. The van der Waals surface area contributed by atoms with Crippen LogP contribution in [0.5, 0.6) is 5.75 Å². The van der Waals surface area contributed by atoms with Gasteiger partial charge in [-0.1, -0.05) is 129 Å². The molecular formula is C42H66FN6O8P. The lowest BCUT2D eigenvalue weighted by atomic mass is 10.00. The van der Waals surface area contributed by atoms with Gasteiger partial charge in [0, 0.05) is 12.8 Å². The van der Waals surface area contributed by atoms with Gasteiger partial charge in [-0.05, 0) is 38.3 Å². The summed E-state index contributed by atoms with van der Waals surface area (Å²) in [5.74, 6) is -0.730. The number of carbonyl (C=O) groups excluding carboxylic acids is 2. The second-order valence-electron chi connectivity index (χ2n) is 15.6. The molecule has 58 heavy (non-hydrogen) atoms. The van der Waals surface area contributed by atoms with Gasteiger partial charge >= 0.3 is 25.8 Å². The highest BCUT2D eigenvalue weighted by atomic mass is 31.2. The molecule has 324 valence electrons. The van der Waals surface area contributed by atoms with E-state index in [0.29, 0.717) is 6.42 Å². The molecule has 16 heteroatoms. The van der Waals surface area contributed by atoms with Crippen LogP contribution in [0, 0.1) is 12.0 Å². The minimum absolute atomic E-state index is 0.0951. The van der Waals surface area contributed by atoms with E-state index in [4.69, 9.17) is 29.0 Å².